The highest BCUT2D eigenvalue weighted by atomic mass is 16.2. The molecule has 5 heteroatoms. The van der Waals surface area contributed by atoms with Crippen molar-refractivity contribution in [3.05, 3.63) is 24.3 Å². The Morgan fingerprint density at radius 2 is 2.22 bits per heavy atom. The lowest BCUT2D eigenvalue weighted by Crippen LogP contribution is -2.45. The number of carbonyl (C=O) groups is 2. The van der Waals surface area contributed by atoms with Crippen LogP contribution in [0.2, 0.25) is 0 Å². The fourth-order valence-electron chi connectivity index (χ4n) is 2.09. The minimum absolute atomic E-state index is 0.0355. The molecule has 2 rings (SSSR count). The van der Waals surface area contributed by atoms with Crippen molar-refractivity contribution in [2.45, 2.75) is 6.92 Å². The number of para-hydroxylation sites is 2. The number of rotatable bonds is 3. The van der Waals surface area contributed by atoms with Gasteiger partial charge in [0, 0.05) is 12.5 Å². The van der Waals surface area contributed by atoms with Gasteiger partial charge in [-0.25, -0.2) is 0 Å². The van der Waals surface area contributed by atoms with Gasteiger partial charge in [-0.05, 0) is 19.2 Å². The van der Waals surface area contributed by atoms with Crippen molar-refractivity contribution in [1.82, 2.24) is 5.32 Å². The highest BCUT2D eigenvalue weighted by Crippen LogP contribution is 2.29. The van der Waals surface area contributed by atoms with Gasteiger partial charge in [0.1, 0.15) is 6.54 Å². The lowest BCUT2D eigenvalue weighted by molar-refractivity contribution is -0.124. The Balaban J connectivity index is 2.28. The fraction of sp³-hybridized carbons (Fsp3) is 0.385. The van der Waals surface area contributed by atoms with Crippen molar-refractivity contribution in [2.24, 2.45) is 5.92 Å². The van der Waals surface area contributed by atoms with Crippen LogP contribution in [-0.2, 0) is 9.59 Å². The van der Waals surface area contributed by atoms with E-state index in [9.17, 15) is 9.59 Å². The molecule has 2 N–H and O–H groups in total. The van der Waals surface area contributed by atoms with Gasteiger partial charge in [0.25, 0.3) is 0 Å². The molecule has 1 aromatic rings. The zero-order valence-electron chi connectivity index (χ0n) is 10.6. The van der Waals surface area contributed by atoms with Crippen molar-refractivity contribution < 1.29 is 9.59 Å². The van der Waals surface area contributed by atoms with Crippen molar-refractivity contribution in [3.63, 3.8) is 0 Å². The number of carbonyl (C=O) groups excluding carboxylic acids is 2. The highest BCUT2D eigenvalue weighted by Gasteiger charge is 2.28. The first kappa shape index (κ1) is 12.6. The molecular formula is C13H17N3O2. The first-order valence-corrected chi connectivity index (χ1v) is 5.98. The van der Waals surface area contributed by atoms with E-state index in [0.29, 0.717) is 12.2 Å². The molecule has 1 aliphatic heterocycles. The molecule has 0 saturated heterocycles. The molecule has 1 aromatic carbocycles. The Morgan fingerprint density at radius 3 is 2.94 bits per heavy atom. The minimum atomic E-state index is -0.158. The Bertz CT molecular complexity index is 473. The SMILES string of the molecule is CNCC(C)C(=O)N1CC(=O)Nc2ccccc21. The lowest BCUT2D eigenvalue weighted by Gasteiger charge is -2.31. The average Bonchev–Trinajstić information content (AvgIpc) is 2.37. The van der Waals surface area contributed by atoms with Gasteiger partial charge in [-0.3, -0.25) is 9.59 Å². The zero-order valence-corrected chi connectivity index (χ0v) is 10.6. The largest absolute Gasteiger partial charge is 0.323 e. The van der Waals surface area contributed by atoms with Crippen LogP contribution in [0.1, 0.15) is 6.92 Å². The average molecular weight is 247 g/mol. The summed E-state index contributed by atoms with van der Waals surface area (Å²) in [7, 11) is 1.81. The van der Waals surface area contributed by atoms with Crippen molar-refractivity contribution in [2.75, 3.05) is 30.4 Å². The number of amides is 2. The molecule has 0 aromatic heterocycles. The maximum absolute atomic E-state index is 12.3. The number of fused-ring (bicyclic) bond motifs is 1. The summed E-state index contributed by atoms with van der Waals surface area (Å²) in [5, 5.41) is 5.74. The molecule has 0 aliphatic carbocycles. The van der Waals surface area contributed by atoms with E-state index < -0.39 is 0 Å². The van der Waals surface area contributed by atoms with E-state index in [2.05, 4.69) is 10.6 Å². The normalized spacial score (nSPS) is 15.9. The molecule has 0 bridgehead atoms. The van der Waals surface area contributed by atoms with Gasteiger partial charge in [0.05, 0.1) is 11.4 Å². The molecule has 0 saturated carbocycles. The molecule has 0 fully saturated rings. The van der Waals surface area contributed by atoms with Crippen LogP contribution in [-0.4, -0.2) is 32.0 Å². The highest BCUT2D eigenvalue weighted by molar-refractivity contribution is 6.10. The lowest BCUT2D eigenvalue weighted by atomic mass is 10.1. The number of hydrogen-bond acceptors (Lipinski definition) is 3. The van der Waals surface area contributed by atoms with E-state index in [1.807, 2.05) is 25.1 Å². The van der Waals surface area contributed by atoms with Gasteiger partial charge in [-0.1, -0.05) is 19.1 Å². The molecule has 1 aliphatic rings. The second kappa shape index (κ2) is 5.18. The number of hydrogen-bond donors (Lipinski definition) is 2. The van der Waals surface area contributed by atoms with Crippen LogP contribution in [0, 0.1) is 5.92 Å². The molecule has 1 unspecified atom stereocenters. The van der Waals surface area contributed by atoms with Crippen LogP contribution in [0.4, 0.5) is 11.4 Å². The molecule has 18 heavy (non-hydrogen) atoms. The number of nitrogens with zero attached hydrogens (tertiary/aromatic N) is 1. The smallest absolute Gasteiger partial charge is 0.244 e. The van der Waals surface area contributed by atoms with Crippen LogP contribution in [0.3, 0.4) is 0 Å². The van der Waals surface area contributed by atoms with Gasteiger partial charge in [0.2, 0.25) is 11.8 Å². The summed E-state index contributed by atoms with van der Waals surface area (Å²) >= 11 is 0. The van der Waals surface area contributed by atoms with E-state index in [4.69, 9.17) is 0 Å². The van der Waals surface area contributed by atoms with Crippen LogP contribution < -0.4 is 15.5 Å². The summed E-state index contributed by atoms with van der Waals surface area (Å²) in [6.07, 6.45) is 0. The molecule has 1 heterocycles. The number of benzene rings is 1. The molecule has 2 amide bonds. The third kappa shape index (κ3) is 2.36. The van der Waals surface area contributed by atoms with Crippen LogP contribution in [0.5, 0.6) is 0 Å². The monoisotopic (exact) mass is 247 g/mol. The fourth-order valence-corrected chi connectivity index (χ4v) is 2.09. The van der Waals surface area contributed by atoms with E-state index in [-0.39, 0.29) is 24.3 Å². The van der Waals surface area contributed by atoms with Crippen LogP contribution >= 0.6 is 0 Å². The van der Waals surface area contributed by atoms with Crippen LogP contribution in [0.25, 0.3) is 0 Å². The summed E-state index contributed by atoms with van der Waals surface area (Å²) in [5.41, 5.74) is 1.46. The summed E-state index contributed by atoms with van der Waals surface area (Å²) in [6.45, 7) is 2.54. The summed E-state index contributed by atoms with van der Waals surface area (Å²) < 4.78 is 0. The van der Waals surface area contributed by atoms with E-state index in [1.54, 1.807) is 18.0 Å². The summed E-state index contributed by atoms with van der Waals surface area (Å²) in [4.78, 5) is 25.5. The first-order chi connectivity index (χ1) is 8.63. The third-order valence-corrected chi connectivity index (χ3v) is 2.97. The summed E-state index contributed by atoms with van der Waals surface area (Å²) in [6, 6.07) is 7.34. The minimum Gasteiger partial charge on any atom is -0.323 e. The number of anilines is 2. The second-order valence-electron chi connectivity index (χ2n) is 4.45. The van der Waals surface area contributed by atoms with Crippen molar-refractivity contribution in [1.29, 1.82) is 0 Å². The first-order valence-electron chi connectivity index (χ1n) is 5.98. The topological polar surface area (TPSA) is 61.4 Å². The maximum atomic E-state index is 12.3. The van der Waals surface area contributed by atoms with Crippen molar-refractivity contribution >= 4 is 23.2 Å². The molecule has 5 nitrogen and oxygen atoms in total. The molecule has 0 spiro atoms. The standard InChI is InChI=1S/C13H17N3O2/c1-9(7-14-2)13(18)16-8-12(17)15-10-5-3-4-6-11(10)16/h3-6,9,14H,7-8H2,1-2H3,(H,15,17). The van der Waals surface area contributed by atoms with Gasteiger partial charge < -0.3 is 15.5 Å². The van der Waals surface area contributed by atoms with Gasteiger partial charge in [-0.2, -0.15) is 0 Å². The molecule has 0 radical (unpaired) electrons. The Morgan fingerprint density at radius 1 is 1.50 bits per heavy atom. The second-order valence-corrected chi connectivity index (χ2v) is 4.45. The summed E-state index contributed by atoms with van der Waals surface area (Å²) in [5.74, 6) is -0.348. The maximum Gasteiger partial charge on any atom is 0.244 e. The number of nitrogens with one attached hydrogen (secondary N) is 2. The Hall–Kier alpha value is -1.88. The van der Waals surface area contributed by atoms with Gasteiger partial charge >= 0.3 is 0 Å². The molecular weight excluding hydrogens is 230 g/mol. The molecule has 96 valence electrons. The van der Waals surface area contributed by atoms with E-state index in [0.717, 1.165) is 5.69 Å². The van der Waals surface area contributed by atoms with Crippen molar-refractivity contribution in [3.8, 4) is 0 Å². The predicted octanol–water partition coefficient (Wildman–Crippen LogP) is 0.827. The third-order valence-electron chi connectivity index (χ3n) is 2.97. The van der Waals surface area contributed by atoms with Gasteiger partial charge in [0.15, 0.2) is 0 Å². The van der Waals surface area contributed by atoms with E-state index in [1.165, 1.54) is 0 Å². The Labute approximate surface area is 106 Å². The van der Waals surface area contributed by atoms with Gasteiger partial charge in [-0.15, -0.1) is 0 Å². The Kier molecular flexibility index (Phi) is 3.62. The molecule has 1 atom stereocenters. The predicted molar refractivity (Wildman–Crippen MR) is 70.5 cm³/mol. The van der Waals surface area contributed by atoms with E-state index >= 15 is 0 Å². The quantitative estimate of drug-likeness (QED) is 0.831. The van der Waals surface area contributed by atoms with Crippen LogP contribution in [0.15, 0.2) is 24.3 Å². The zero-order chi connectivity index (χ0) is 13.1.